The zero-order valence-corrected chi connectivity index (χ0v) is 15.5. The van der Waals surface area contributed by atoms with E-state index >= 15 is 0 Å². The van der Waals surface area contributed by atoms with E-state index in [-0.39, 0.29) is 17.7 Å². The topological polar surface area (TPSA) is 71.0 Å². The summed E-state index contributed by atoms with van der Waals surface area (Å²) < 4.78 is 10.7. The molecule has 0 spiro atoms. The lowest BCUT2D eigenvalue weighted by molar-refractivity contribution is -0.0671. The molecule has 2 unspecified atom stereocenters. The second kappa shape index (κ2) is 9.50. The number of anilines is 1. The predicted octanol–water partition coefficient (Wildman–Crippen LogP) is 3.23. The Kier molecular flexibility index (Phi) is 6.81. The highest BCUT2D eigenvalue weighted by Crippen LogP contribution is 2.23. The van der Waals surface area contributed by atoms with Crippen molar-refractivity contribution in [2.45, 2.75) is 18.6 Å². The Morgan fingerprint density at radius 1 is 1.22 bits per heavy atom. The van der Waals surface area contributed by atoms with Crippen LogP contribution in [0.4, 0.5) is 5.69 Å². The standard InChI is InChI=1S/C21H26N2O4/c1-26-15-27-19-11-12-23(13-19)14-20(16-5-3-2-4-6-16)22-18-9-7-17(8-10-18)21(24)25/h2-10,19-20,22H,11-15H2,1H3,(H,24,25). The second-order valence-corrected chi connectivity index (χ2v) is 6.73. The quantitative estimate of drug-likeness (QED) is 0.661. The Hall–Kier alpha value is -2.41. The van der Waals surface area contributed by atoms with Crippen LogP contribution in [0.3, 0.4) is 0 Å². The van der Waals surface area contributed by atoms with E-state index in [9.17, 15) is 4.79 Å². The number of carboxylic acid groups (broad SMARTS) is 1. The molecule has 6 heteroatoms. The van der Waals surface area contributed by atoms with Crippen molar-refractivity contribution in [2.75, 3.05) is 38.9 Å². The number of benzene rings is 2. The first-order chi connectivity index (χ1) is 13.2. The van der Waals surface area contributed by atoms with Crippen molar-refractivity contribution in [2.24, 2.45) is 0 Å². The molecule has 6 nitrogen and oxygen atoms in total. The summed E-state index contributed by atoms with van der Waals surface area (Å²) in [5.74, 6) is -0.916. The van der Waals surface area contributed by atoms with Crippen LogP contribution in [0.1, 0.15) is 28.4 Å². The number of aromatic carboxylic acids is 1. The molecule has 1 aliphatic rings. The molecule has 0 amide bonds. The number of nitrogens with one attached hydrogen (secondary N) is 1. The summed E-state index contributed by atoms with van der Waals surface area (Å²) in [6.45, 7) is 3.04. The summed E-state index contributed by atoms with van der Waals surface area (Å²) in [5, 5.41) is 12.6. The van der Waals surface area contributed by atoms with Gasteiger partial charge < -0.3 is 19.9 Å². The van der Waals surface area contributed by atoms with Crippen LogP contribution in [-0.2, 0) is 9.47 Å². The summed E-state index contributed by atoms with van der Waals surface area (Å²) in [7, 11) is 1.64. The molecule has 27 heavy (non-hydrogen) atoms. The number of methoxy groups -OCH3 is 1. The number of carbonyl (C=O) groups is 1. The van der Waals surface area contributed by atoms with Crippen LogP contribution in [0.15, 0.2) is 54.6 Å². The van der Waals surface area contributed by atoms with Gasteiger partial charge in [0.1, 0.15) is 6.79 Å². The molecule has 1 aliphatic heterocycles. The highest BCUT2D eigenvalue weighted by Gasteiger charge is 2.26. The van der Waals surface area contributed by atoms with E-state index in [0.717, 1.165) is 31.7 Å². The van der Waals surface area contributed by atoms with Crippen LogP contribution in [0.5, 0.6) is 0 Å². The van der Waals surface area contributed by atoms with Gasteiger partial charge in [0.25, 0.3) is 0 Å². The van der Waals surface area contributed by atoms with Crippen molar-refractivity contribution >= 4 is 11.7 Å². The van der Waals surface area contributed by atoms with Crippen LogP contribution in [-0.4, -0.2) is 55.6 Å². The van der Waals surface area contributed by atoms with Crippen molar-refractivity contribution in [3.8, 4) is 0 Å². The molecule has 0 radical (unpaired) electrons. The largest absolute Gasteiger partial charge is 0.478 e. The first-order valence-corrected chi connectivity index (χ1v) is 9.13. The lowest BCUT2D eigenvalue weighted by atomic mass is 10.1. The predicted molar refractivity (Wildman–Crippen MR) is 104 cm³/mol. The smallest absolute Gasteiger partial charge is 0.335 e. The maximum atomic E-state index is 11.0. The monoisotopic (exact) mass is 370 g/mol. The Morgan fingerprint density at radius 3 is 2.63 bits per heavy atom. The number of nitrogens with zero attached hydrogens (tertiary/aromatic N) is 1. The summed E-state index contributed by atoms with van der Waals surface area (Å²) in [6, 6.07) is 17.3. The van der Waals surface area contributed by atoms with Crippen molar-refractivity contribution in [3.05, 3.63) is 65.7 Å². The molecule has 3 rings (SSSR count). The molecule has 2 N–H and O–H groups in total. The first-order valence-electron chi connectivity index (χ1n) is 9.13. The molecule has 1 saturated heterocycles. The molecule has 2 atom stereocenters. The summed E-state index contributed by atoms with van der Waals surface area (Å²) in [5.41, 5.74) is 2.38. The van der Waals surface area contributed by atoms with Gasteiger partial charge in [-0.15, -0.1) is 0 Å². The minimum Gasteiger partial charge on any atom is -0.478 e. The third kappa shape index (κ3) is 5.53. The Labute approximate surface area is 159 Å². The van der Waals surface area contributed by atoms with Gasteiger partial charge in [-0.1, -0.05) is 30.3 Å². The van der Waals surface area contributed by atoms with Gasteiger partial charge in [0.2, 0.25) is 0 Å². The normalized spacial score (nSPS) is 18.3. The number of hydrogen-bond acceptors (Lipinski definition) is 5. The maximum Gasteiger partial charge on any atom is 0.335 e. The molecule has 1 heterocycles. The highest BCUT2D eigenvalue weighted by molar-refractivity contribution is 5.88. The third-order valence-corrected chi connectivity index (χ3v) is 4.77. The Bertz CT molecular complexity index is 721. The molecule has 0 aromatic heterocycles. The van der Waals surface area contributed by atoms with Crippen LogP contribution < -0.4 is 5.32 Å². The number of likely N-dealkylation sites (tertiary alicyclic amines) is 1. The Balaban J connectivity index is 1.68. The molecular formula is C21H26N2O4. The van der Waals surface area contributed by atoms with E-state index < -0.39 is 5.97 Å². The molecule has 2 aromatic rings. The van der Waals surface area contributed by atoms with E-state index in [2.05, 4.69) is 22.3 Å². The maximum absolute atomic E-state index is 11.0. The van der Waals surface area contributed by atoms with Gasteiger partial charge in [0.15, 0.2) is 0 Å². The third-order valence-electron chi connectivity index (χ3n) is 4.77. The highest BCUT2D eigenvalue weighted by atomic mass is 16.7. The average Bonchev–Trinajstić information content (AvgIpc) is 3.14. The number of rotatable bonds is 9. The van der Waals surface area contributed by atoms with Crippen molar-refractivity contribution in [1.29, 1.82) is 0 Å². The molecule has 144 valence electrons. The fraction of sp³-hybridized carbons (Fsp3) is 0.381. The molecule has 0 aliphatic carbocycles. The van der Waals surface area contributed by atoms with Crippen LogP contribution in [0.25, 0.3) is 0 Å². The fourth-order valence-electron chi connectivity index (χ4n) is 3.35. The number of ether oxygens (including phenoxy) is 2. The van der Waals surface area contributed by atoms with E-state index in [4.69, 9.17) is 14.6 Å². The minimum atomic E-state index is -0.916. The zero-order chi connectivity index (χ0) is 19.1. The van der Waals surface area contributed by atoms with E-state index in [1.54, 1.807) is 19.2 Å². The van der Waals surface area contributed by atoms with Gasteiger partial charge in [-0.25, -0.2) is 4.79 Å². The molecular weight excluding hydrogens is 344 g/mol. The van der Waals surface area contributed by atoms with Gasteiger partial charge in [-0.2, -0.15) is 0 Å². The van der Waals surface area contributed by atoms with Gasteiger partial charge in [0.05, 0.1) is 17.7 Å². The van der Waals surface area contributed by atoms with E-state index in [0.29, 0.717) is 6.79 Å². The SMILES string of the molecule is COCOC1CCN(CC(Nc2ccc(C(=O)O)cc2)c2ccccc2)C1. The Morgan fingerprint density at radius 2 is 1.96 bits per heavy atom. The van der Waals surface area contributed by atoms with Gasteiger partial charge in [0, 0.05) is 32.4 Å². The van der Waals surface area contributed by atoms with E-state index in [1.807, 2.05) is 30.3 Å². The van der Waals surface area contributed by atoms with Crippen molar-refractivity contribution < 1.29 is 19.4 Å². The van der Waals surface area contributed by atoms with Crippen LogP contribution in [0, 0.1) is 0 Å². The van der Waals surface area contributed by atoms with Crippen molar-refractivity contribution in [1.82, 2.24) is 4.90 Å². The summed E-state index contributed by atoms with van der Waals surface area (Å²) in [6.07, 6.45) is 1.20. The van der Waals surface area contributed by atoms with Crippen molar-refractivity contribution in [3.63, 3.8) is 0 Å². The lowest BCUT2D eigenvalue weighted by Gasteiger charge is -2.26. The molecule has 1 fully saturated rings. The number of hydrogen-bond donors (Lipinski definition) is 2. The van der Waals surface area contributed by atoms with E-state index in [1.165, 1.54) is 5.56 Å². The van der Waals surface area contributed by atoms with Crippen LogP contribution in [0.2, 0.25) is 0 Å². The van der Waals surface area contributed by atoms with Gasteiger partial charge in [-0.05, 0) is 36.2 Å². The molecule has 0 saturated carbocycles. The van der Waals surface area contributed by atoms with Crippen LogP contribution >= 0.6 is 0 Å². The zero-order valence-electron chi connectivity index (χ0n) is 15.5. The summed E-state index contributed by atoms with van der Waals surface area (Å²) >= 11 is 0. The second-order valence-electron chi connectivity index (χ2n) is 6.73. The average molecular weight is 370 g/mol. The van der Waals surface area contributed by atoms with Gasteiger partial charge >= 0.3 is 5.97 Å². The minimum absolute atomic E-state index is 0.100. The first kappa shape index (κ1) is 19.4. The fourth-order valence-corrected chi connectivity index (χ4v) is 3.35. The molecule has 0 bridgehead atoms. The lowest BCUT2D eigenvalue weighted by Crippen LogP contribution is -2.31. The molecule has 2 aromatic carbocycles. The van der Waals surface area contributed by atoms with Gasteiger partial charge in [-0.3, -0.25) is 4.90 Å². The number of carboxylic acids is 1. The summed E-state index contributed by atoms with van der Waals surface area (Å²) in [4.78, 5) is 13.4.